The van der Waals surface area contributed by atoms with E-state index in [1.165, 1.54) is 0 Å². The first kappa shape index (κ1) is 14.2. The summed E-state index contributed by atoms with van der Waals surface area (Å²) >= 11 is 0. The summed E-state index contributed by atoms with van der Waals surface area (Å²) in [6.45, 7) is 10.9. The van der Waals surface area contributed by atoms with Crippen molar-refractivity contribution in [3.8, 4) is 11.5 Å². The Balaban J connectivity index is 1.77. The molecule has 0 unspecified atom stereocenters. The fourth-order valence-corrected chi connectivity index (χ4v) is 2.26. The van der Waals surface area contributed by atoms with E-state index in [9.17, 15) is 0 Å². The molecule has 4 heteroatoms. The lowest BCUT2D eigenvalue weighted by molar-refractivity contribution is 0.191. The van der Waals surface area contributed by atoms with Crippen LogP contribution in [0.3, 0.4) is 0 Å². The summed E-state index contributed by atoms with van der Waals surface area (Å²) in [5, 5.41) is 3.35. The molecule has 0 aromatic heterocycles. The SMILES string of the molecule is CCOc1ccc(OCCN2CCNCC2)cc1C. The normalized spacial score (nSPS) is 16.3. The number of ether oxygens (including phenoxy) is 2. The molecular weight excluding hydrogens is 240 g/mol. The molecule has 106 valence electrons. The van der Waals surface area contributed by atoms with E-state index in [-0.39, 0.29) is 0 Å². The van der Waals surface area contributed by atoms with Gasteiger partial charge in [-0.1, -0.05) is 0 Å². The maximum Gasteiger partial charge on any atom is 0.122 e. The van der Waals surface area contributed by atoms with Crippen molar-refractivity contribution in [2.45, 2.75) is 13.8 Å². The van der Waals surface area contributed by atoms with Crippen molar-refractivity contribution >= 4 is 0 Å². The quantitative estimate of drug-likeness (QED) is 0.847. The van der Waals surface area contributed by atoms with Crippen molar-refractivity contribution in [2.24, 2.45) is 0 Å². The summed E-state index contributed by atoms with van der Waals surface area (Å²) < 4.78 is 11.3. The van der Waals surface area contributed by atoms with Crippen LogP contribution in [-0.2, 0) is 0 Å². The summed E-state index contributed by atoms with van der Waals surface area (Å²) in [4.78, 5) is 2.43. The number of piperazine rings is 1. The van der Waals surface area contributed by atoms with Crippen molar-refractivity contribution in [3.63, 3.8) is 0 Å². The second kappa shape index (κ2) is 7.36. The van der Waals surface area contributed by atoms with Crippen molar-refractivity contribution in [2.75, 3.05) is 45.9 Å². The van der Waals surface area contributed by atoms with Crippen LogP contribution in [-0.4, -0.2) is 50.8 Å². The second-order valence-corrected chi connectivity index (χ2v) is 4.80. The fraction of sp³-hybridized carbons (Fsp3) is 0.600. The molecule has 1 aliphatic heterocycles. The number of aryl methyl sites for hydroxylation is 1. The Bertz CT molecular complexity index is 390. The summed E-state index contributed by atoms with van der Waals surface area (Å²) in [6.07, 6.45) is 0. The van der Waals surface area contributed by atoms with Gasteiger partial charge in [0.15, 0.2) is 0 Å². The van der Waals surface area contributed by atoms with Gasteiger partial charge >= 0.3 is 0 Å². The van der Waals surface area contributed by atoms with Gasteiger partial charge in [0.25, 0.3) is 0 Å². The van der Waals surface area contributed by atoms with Crippen molar-refractivity contribution < 1.29 is 9.47 Å². The van der Waals surface area contributed by atoms with Gasteiger partial charge in [0.2, 0.25) is 0 Å². The maximum absolute atomic E-state index is 5.81. The Kier molecular flexibility index (Phi) is 5.48. The zero-order chi connectivity index (χ0) is 13.5. The molecule has 0 bridgehead atoms. The number of hydrogen-bond donors (Lipinski definition) is 1. The van der Waals surface area contributed by atoms with E-state index in [0.717, 1.165) is 56.4 Å². The second-order valence-electron chi connectivity index (χ2n) is 4.80. The molecule has 0 amide bonds. The van der Waals surface area contributed by atoms with Gasteiger partial charge in [-0.3, -0.25) is 4.90 Å². The highest BCUT2D eigenvalue weighted by atomic mass is 16.5. The van der Waals surface area contributed by atoms with Gasteiger partial charge in [0, 0.05) is 32.7 Å². The highest BCUT2D eigenvalue weighted by Gasteiger charge is 2.09. The molecule has 0 saturated carbocycles. The third kappa shape index (κ3) is 4.40. The van der Waals surface area contributed by atoms with Crippen molar-refractivity contribution in [3.05, 3.63) is 23.8 Å². The van der Waals surface area contributed by atoms with Gasteiger partial charge in [0.05, 0.1) is 6.61 Å². The molecule has 0 spiro atoms. The van der Waals surface area contributed by atoms with Crippen LogP contribution in [0.2, 0.25) is 0 Å². The van der Waals surface area contributed by atoms with Gasteiger partial charge in [-0.2, -0.15) is 0 Å². The van der Waals surface area contributed by atoms with Crippen LogP contribution in [0.15, 0.2) is 18.2 Å². The summed E-state index contributed by atoms with van der Waals surface area (Å²) in [5.41, 5.74) is 1.13. The smallest absolute Gasteiger partial charge is 0.122 e. The first-order valence-electron chi connectivity index (χ1n) is 7.09. The molecule has 19 heavy (non-hydrogen) atoms. The Labute approximate surface area is 115 Å². The number of hydrogen-bond acceptors (Lipinski definition) is 4. The van der Waals surface area contributed by atoms with Crippen LogP contribution in [0.5, 0.6) is 11.5 Å². The number of nitrogens with zero attached hydrogens (tertiary/aromatic N) is 1. The fourth-order valence-electron chi connectivity index (χ4n) is 2.26. The Morgan fingerprint density at radius 3 is 2.68 bits per heavy atom. The lowest BCUT2D eigenvalue weighted by Gasteiger charge is -2.26. The minimum Gasteiger partial charge on any atom is -0.494 e. The van der Waals surface area contributed by atoms with Crippen LogP contribution in [0, 0.1) is 6.92 Å². The largest absolute Gasteiger partial charge is 0.494 e. The Morgan fingerprint density at radius 2 is 2.00 bits per heavy atom. The Morgan fingerprint density at radius 1 is 1.21 bits per heavy atom. The molecular formula is C15H24N2O2. The summed E-state index contributed by atoms with van der Waals surface area (Å²) in [6, 6.07) is 6.01. The number of rotatable bonds is 6. The third-order valence-electron chi connectivity index (χ3n) is 3.33. The van der Waals surface area contributed by atoms with Crippen LogP contribution >= 0.6 is 0 Å². The molecule has 1 saturated heterocycles. The van der Waals surface area contributed by atoms with Crippen molar-refractivity contribution in [1.82, 2.24) is 10.2 Å². The van der Waals surface area contributed by atoms with Gasteiger partial charge in [-0.05, 0) is 37.6 Å². The average molecular weight is 264 g/mol. The van der Waals surface area contributed by atoms with E-state index < -0.39 is 0 Å². The van der Waals surface area contributed by atoms with Crippen LogP contribution in [0.4, 0.5) is 0 Å². The topological polar surface area (TPSA) is 33.7 Å². The van der Waals surface area contributed by atoms with Crippen LogP contribution < -0.4 is 14.8 Å². The van der Waals surface area contributed by atoms with Crippen molar-refractivity contribution in [1.29, 1.82) is 0 Å². The minimum atomic E-state index is 0.698. The predicted molar refractivity (Wildman–Crippen MR) is 77.2 cm³/mol. The standard InChI is InChI=1S/C15H24N2O2/c1-3-18-15-5-4-14(12-13(15)2)19-11-10-17-8-6-16-7-9-17/h4-5,12,16H,3,6-11H2,1-2H3. The molecule has 0 radical (unpaired) electrons. The highest BCUT2D eigenvalue weighted by Crippen LogP contribution is 2.23. The first-order chi connectivity index (χ1) is 9.29. The molecule has 0 atom stereocenters. The average Bonchev–Trinajstić information content (AvgIpc) is 2.43. The summed E-state index contributed by atoms with van der Waals surface area (Å²) in [5.74, 6) is 1.87. The van der Waals surface area contributed by atoms with E-state index in [4.69, 9.17) is 9.47 Å². The zero-order valence-corrected chi connectivity index (χ0v) is 11.9. The summed E-state index contributed by atoms with van der Waals surface area (Å²) in [7, 11) is 0. The van der Waals surface area contributed by atoms with Gasteiger partial charge in [-0.25, -0.2) is 0 Å². The van der Waals surface area contributed by atoms with E-state index in [1.807, 2.05) is 32.0 Å². The van der Waals surface area contributed by atoms with E-state index in [0.29, 0.717) is 6.61 Å². The lowest BCUT2D eigenvalue weighted by atomic mass is 10.2. The zero-order valence-electron chi connectivity index (χ0n) is 11.9. The molecule has 2 rings (SSSR count). The molecule has 0 aliphatic carbocycles. The predicted octanol–water partition coefficient (Wildman–Crippen LogP) is 1.68. The lowest BCUT2D eigenvalue weighted by Crippen LogP contribution is -2.44. The molecule has 1 aromatic rings. The van der Waals surface area contributed by atoms with E-state index in [1.54, 1.807) is 0 Å². The molecule has 1 aromatic carbocycles. The molecule has 1 N–H and O–H groups in total. The van der Waals surface area contributed by atoms with Gasteiger partial charge in [0.1, 0.15) is 18.1 Å². The molecule has 1 fully saturated rings. The molecule has 1 aliphatic rings. The number of nitrogens with one attached hydrogen (secondary N) is 1. The van der Waals surface area contributed by atoms with E-state index in [2.05, 4.69) is 10.2 Å². The van der Waals surface area contributed by atoms with Gasteiger partial charge < -0.3 is 14.8 Å². The van der Waals surface area contributed by atoms with Crippen LogP contribution in [0.1, 0.15) is 12.5 Å². The highest BCUT2D eigenvalue weighted by molar-refractivity contribution is 5.39. The van der Waals surface area contributed by atoms with Crippen LogP contribution in [0.25, 0.3) is 0 Å². The van der Waals surface area contributed by atoms with E-state index >= 15 is 0 Å². The Hall–Kier alpha value is -1.26. The minimum absolute atomic E-state index is 0.698. The number of benzene rings is 1. The molecule has 4 nitrogen and oxygen atoms in total. The van der Waals surface area contributed by atoms with Gasteiger partial charge in [-0.15, -0.1) is 0 Å². The maximum atomic E-state index is 5.81. The first-order valence-corrected chi connectivity index (χ1v) is 7.09. The molecule has 1 heterocycles. The third-order valence-corrected chi connectivity index (χ3v) is 3.33. The monoisotopic (exact) mass is 264 g/mol.